The lowest BCUT2D eigenvalue weighted by Gasteiger charge is -2.20. The van der Waals surface area contributed by atoms with Crippen LogP contribution in [0.1, 0.15) is 0 Å². The monoisotopic (exact) mass is 141 g/mol. The van der Waals surface area contributed by atoms with E-state index in [0.29, 0.717) is 0 Å². The molecule has 48 valence electrons. The molecular weight excluding hydrogens is 134 g/mol. The van der Waals surface area contributed by atoms with Crippen LogP contribution >= 0.6 is 11.8 Å². The number of rotatable bonds is 0. The third-order valence-corrected chi connectivity index (χ3v) is 2.14. The zero-order valence-corrected chi connectivity index (χ0v) is 5.61. The van der Waals surface area contributed by atoms with Crippen molar-refractivity contribution in [3.8, 4) is 0 Å². The van der Waals surface area contributed by atoms with Crippen LogP contribution in [0.3, 0.4) is 0 Å². The van der Waals surface area contributed by atoms with Gasteiger partial charge >= 0.3 is 0 Å². The van der Waals surface area contributed by atoms with E-state index in [9.17, 15) is 0 Å². The maximum Gasteiger partial charge on any atom is 0.109 e. The summed E-state index contributed by atoms with van der Waals surface area (Å²) in [5, 5.41) is 5.37. The third kappa shape index (κ3) is 0.799. The van der Waals surface area contributed by atoms with E-state index in [1.165, 1.54) is 5.03 Å². The first kappa shape index (κ1) is 5.20. The molecule has 0 bridgehead atoms. The molecule has 2 aliphatic rings. The van der Waals surface area contributed by atoms with Gasteiger partial charge in [-0.2, -0.15) is 0 Å². The molecule has 0 spiro atoms. The van der Waals surface area contributed by atoms with Gasteiger partial charge in [0, 0.05) is 6.20 Å². The largest absolute Gasteiger partial charge is 0.308 e. The van der Waals surface area contributed by atoms with Crippen LogP contribution in [0.4, 0.5) is 0 Å². The van der Waals surface area contributed by atoms with Crippen LogP contribution in [0.2, 0.25) is 0 Å². The SMILES string of the molecule is C1=CSC2=CNNN2C1. The van der Waals surface area contributed by atoms with Crippen LogP contribution in [0.25, 0.3) is 0 Å². The van der Waals surface area contributed by atoms with Crippen molar-refractivity contribution < 1.29 is 0 Å². The Bertz CT molecular complexity index is 175. The third-order valence-electron chi connectivity index (χ3n) is 1.23. The summed E-state index contributed by atoms with van der Waals surface area (Å²) in [7, 11) is 0. The van der Waals surface area contributed by atoms with Gasteiger partial charge in [-0.3, -0.25) is 5.01 Å². The van der Waals surface area contributed by atoms with Crippen LogP contribution in [0.5, 0.6) is 0 Å². The summed E-state index contributed by atoms with van der Waals surface area (Å²) < 4.78 is 0. The molecule has 0 atom stereocenters. The van der Waals surface area contributed by atoms with Gasteiger partial charge in [-0.25, -0.2) is 0 Å². The average Bonchev–Trinajstić information content (AvgIpc) is 2.33. The Morgan fingerprint density at radius 2 is 2.67 bits per heavy atom. The van der Waals surface area contributed by atoms with Crippen molar-refractivity contribution in [1.29, 1.82) is 0 Å². The predicted molar refractivity (Wildman–Crippen MR) is 37.8 cm³/mol. The Hall–Kier alpha value is -0.610. The molecule has 0 aromatic heterocycles. The highest BCUT2D eigenvalue weighted by atomic mass is 32.2. The molecule has 0 saturated heterocycles. The topological polar surface area (TPSA) is 27.3 Å². The molecule has 2 aliphatic heterocycles. The van der Waals surface area contributed by atoms with Crippen LogP contribution in [-0.2, 0) is 0 Å². The maximum atomic E-state index is 2.98. The van der Waals surface area contributed by atoms with E-state index in [0.717, 1.165) is 6.54 Å². The van der Waals surface area contributed by atoms with Gasteiger partial charge in [0.05, 0.1) is 6.54 Å². The van der Waals surface area contributed by atoms with Gasteiger partial charge in [-0.1, -0.05) is 17.8 Å². The van der Waals surface area contributed by atoms with E-state index in [2.05, 4.69) is 22.4 Å². The Balaban J connectivity index is 2.20. The highest BCUT2D eigenvalue weighted by Crippen LogP contribution is 2.24. The normalized spacial score (nSPS) is 23.1. The molecule has 0 aromatic rings. The quantitative estimate of drug-likeness (QED) is 0.509. The van der Waals surface area contributed by atoms with Gasteiger partial charge in [0.2, 0.25) is 0 Å². The maximum absolute atomic E-state index is 2.98. The van der Waals surface area contributed by atoms with Crippen molar-refractivity contribution in [1.82, 2.24) is 16.0 Å². The number of thioether (sulfide) groups is 1. The minimum absolute atomic E-state index is 0.950. The zero-order chi connectivity index (χ0) is 6.10. The summed E-state index contributed by atoms with van der Waals surface area (Å²) in [6.45, 7) is 0.950. The number of hydrogen-bond donors (Lipinski definition) is 2. The van der Waals surface area contributed by atoms with E-state index in [-0.39, 0.29) is 0 Å². The van der Waals surface area contributed by atoms with Gasteiger partial charge in [0.15, 0.2) is 0 Å². The fourth-order valence-electron chi connectivity index (χ4n) is 0.804. The number of nitrogens with one attached hydrogen (secondary N) is 2. The summed E-state index contributed by atoms with van der Waals surface area (Å²) in [5.74, 6) is 0. The van der Waals surface area contributed by atoms with E-state index in [4.69, 9.17) is 0 Å². The van der Waals surface area contributed by atoms with Crippen molar-refractivity contribution >= 4 is 11.8 Å². The minimum atomic E-state index is 0.950. The Labute approximate surface area is 57.7 Å². The predicted octanol–water partition coefficient (Wildman–Crippen LogP) is 0.371. The summed E-state index contributed by atoms with van der Waals surface area (Å²) in [6.07, 6.45) is 4.07. The molecule has 2 heterocycles. The van der Waals surface area contributed by atoms with E-state index in [1.807, 2.05) is 11.2 Å². The molecule has 0 fully saturated rings. The number of fused-ring (bicyclic) bond motifs is 1. The van der Waals surface area contributed by atoms with Crippen LogP contribution in [0.15, 0.2) is 22.7 Å². The summed E-state index contributed by atoms with van der Waals surface area (Å²) in [4.78, 5) is 0. The molecule has 0 aromatic carbocycles. The number of nitrogens with zero attached hydrogens (tertiary/aromatic N) is 1. The lowest BCUT2D eigenvalue weighted by Crippen LogP contribution is -2.37. The van der Waals surface area contributed by atoms with Gasteiger partial charge in [0.25, 0.3) is 0 Å². The molecule has 4 heteroatoms. The molecule has 3 nitrogen and oxygen atoms in total. The summed E-state index contributed by atoms with van der Waals surface area (Å²) in [6, 6.07) is 0. The molecule has 2 N–H and O–H groups in total. The van der Waals surface area contributed by atoms with Gasteiger partial charge in [0.1, 0.15) is 5.03 Å². The summed E-state index contributed by atoms with van der Waals surface area (Å²) >= 11 is 1.72. The Kier molecular flexibility index (Phi) is 1.13. The molecule has 0 unspecified atom stereocenters. The second kappa shape index (κ2) is 1.97. The van der Waals surface area contributed by atoms with Gasteiger partial charge in [-0.15, -0.1) is 5.53 Å². The summed E-state index contributed by atoms with van der Waals surface area (Å²) in [5.41, 5.74) is 5.89. The Morgan fingerprint density at radius 1 is 1.67 bits per heavy atom. The van der Waals surface area contributed by atoms with E-state index < -0.39 is 0 Å². The van der Waals surface area contributed by atoms with Gasteiger partial charge in [-0.05, 0) is 5.41 Å². The molecular formula is C5H7N3S. The molecule has 0 radical (unpaired) electrons. The van der Waals surface area contributed by atoms with Gasteiger partial charge < -0.3 is 5.43 Å². The van der Waals surface area contributed by atoms with Crippen LogP contribution in [-0.4, -0.2) is 11.6 Å². The average molecular weight is 141 g/mol. The highest BCUT2D eigenvalue weighted by molar-refractivity contribution is 8.05. The highest BCUT2D eigenvalue weighted by Gasteiger charge is 2.14. The molecule has 2 rings (SSSR count). The zero-order valence-electron chi connectivity index (χ0n) is 4.79. The standard InChI is InChI=1S/C5H7N3S/c1-2-8-5(9-3-1)4-6-7-8/h1,3-4,6-7H,2H2. The first-order valence-corrected chi connectivity index (χ1v) is 3.65. The van der Waals surface area contributed by atoms with Crippen molar-refractivity contribution in [2.24, 2.45) is 0 Å². The van der Waals surface area contributed by atoms with Crippen LogP contribution in [0, 0.1) is 0 Å². The van der Waals surface area contributed by atoms with E-state index in [1.54, 1.807) is 11.8 Å². The second-order valence-corrected chi connectivity index (χ2v) is 2.77. The molecule has 0 aliphatic carbocycles. The number of hydrazine groups is 2. The fourth-order valence-corrected chi connectivity index (χ4v) is 1.50. The van der Waals surface area contributed by atoms with Crippen molar-refractivity contribution in [2.45, 2.75) is 0 Å². The minimum Gasteiger partial charge on any atom is -0.308 e. The lowest BCUT2D eigenvalue weighted by molar-refractivity contribution is 0.292. The van der Waals surface area contributed by atoms with E-state index >= 15 is 0 Å². The van der Waals surface area contributed by atoms with Crippen molar-refractivity contribution in [2.75, 3.05) is 6.54 Å². The fraction of sp³-hybridized carbons (Fsp3) is 0.200. The smallest absolute Gasteiger partial charge is 0.109 e. The molecule has 9 heavy (non-hydrogen) atoms. The molecule has 0 amide bonds. The van der Waals surface area contributed by atoms with Crippen LogP contribution < -0.4 is 11.0 Å². The second-order valence-electron chi connectivity index (χ2n) is 1.84. The number of hydrogen-bond acceptors (Lipinski definition) is 4. The Morgan fingerprint density at radius 3 is 3.56 bits per heavy atom. The first-order chi connectivity index (χ1) is 4.47. The first-order valence-electron chi connectivity index (χ1n) is 2.77. The lowest BCUT2D eigenvalue weighted by atomic mass is 10.6. The van der Waals surface area contributed by atoms with Crippen molar-refractivity contribution in [3.63, 3.8) is 0 Å². The van der Waals surface area contributed by atoms with Crippen molar-refractivity contribution in [3.05, 3.63) is 22.7 Å². The molecule has 0 saturated carbocycles.